The Hall–Kier alpha value is -2.11. The van der Waals surface area contributed by atoms with Crippen LogP contribution in [0.25, 0.3) is 0 Å². The molecule has 0 aliphatic carbocycles. The molecule has 2 N–H and O–H groups in total. The number of alkyl halides is 5. The summed E-state index contributed by atoms with van der Waals surface area (Å²) < 4.78 is 63.8. The Labute approximate surface area is 91.4 Å². The molecule has 0 aliphatic rings. The first-order chi connectivity index (χ1) is 7.74. The lowest BCUT2D eigenvalue weighted by atomic mass is 10.2. The average Bonchev–Trinajstić information content (AvgIpc) is 2.14. The number of pyridine rings is 1. The number of rotatable bonds is 2. The third-order valence-electron chi connectivity index (χ3n) is 1.59. The molecule has 0 aromatic carbocycles. The van der Waals surface area contributed by atoms with Crippen molar-refractivity contribution in [2.45, 2.75) is 12.8 Å². The van der Waals surface area contributed by atoms with Crippen molar-refractivity contribution >= 4 is 5.82 Å². The van der Waals surface area contributed by atoms with E-state index in [9.17, 15) is 22.0 Å². The lowest BCUT2D eigenvalue weighted by molar-refractivity contribution is -0.274. The monoisotopic (exact) mass is 253 g/mol. The fourth-order valence-electron chi connectivity index (χ4n) is 0.989. The van der Waals surface area contributed by atoms with Crippen LogP contribution in [0.5, 0.6) is 5.75 Å². The van der Waals surface area contributed by atoms with Gasteiger partial charge in [0.2, 0.25) is 0 Å². The van der Waals surface area contributed by atoms with Gasteiger partial charge in [0.1, 0.15) is 23.1 Å². The molecule has 92 valence electrons. The Bertz CT molecular complexity index is 465. The van der Waals surface area contributed by atoms with E-state index < -0.39 is 35.6 Å². The van der Waals surface area contributed by atoms with E-state index >= 15 is 0 Å². The maximum Gasteiger partial charge on any atom is 0.573 e. The van der Waals surface area contributed by atoms with Crippen LogP contribution in [0.15, 0.2) is 6.07 Å². The second-order valence-corrected chi connectivity index (χ2v) is 2.77. The summed E-state index contributed by atoms with van der Waals surface area (Å²) in [6.45, 7) is 0. The number of aromatic nitrogens is 1. The van der Waals surface area contributed by atoms with Gasteiger partial charge < -0.3 is 10.5 Å². The quantitative estimate of drug-likeness (QED) is 0.821. The lowest BCUT2D eigenvalue weighted by Crippen LogP contribution is -2.19. The highest BCUT2D eigenvalue weighted by atomic mass is 19.4. The second-order valence-electron chi connectivity index (χ2n) is 2.77. The van der Waals surface area contributed by atoms with Crippen LogP contribution in [-0.2, 0) is 0 Å². The van der Waals surface area contributed by atoms with E-state index in [0.29, 0.717) is 6.07 Å². The Morgan fingerprint density at radius 1 is 1.41 bits per heavy atom. The normalized spacial score (nSPS) is 11.4. The van der Waals surface area contributed by atoms with Crippen molar-refractivity contribution < 1.29 is 26.7 Å². The summed E-state index contributed by atoms with van der Waals surface area (Å²) in [5, 5.41) is 8.52. The van der Waals surface area contributed by atoms with Crippen molar-refractivity contribution in [2.24, 2.45) is 0 Å². The molecule has 0 amide bonds. The molecule has 0 fully saturated rings. The molecule has 0 saturated heterocycles. The van der Waals surface area contributed by atoms with Gasteiger partial charge in [0, 0.05) is 6.07 Å². The van der Waals surface area contributed by atoms with E-state index in [1.807, 2.05) is 0 Å². The van der Waals surface area contributed by atoms with Crippen LogP contribution in [0.3, 0.4) is 0 Å². The van der Waals surface area contributed by atoms with Crippen LogP contribution < -0.4 is 10.5 Å². The molecule has 0 bridgehead atoms. The number of nitrogens with zero attached hydrogens (tertiary/aromatic N) is 2. The molecule has 0 radical (unpaired) electrons. The summed E-state index contributed by atoms with van der Waals surface area (Å²) in [5.41, 5.74) is 3.33. The molecular weight excluding hydrogens is 249 g/mol. The van der Waals surface area contributed by atoms with Gasteiger partial charge in [0.05, 0.1) is 0 Å². The average molecular weight is 253 g/mol. The number of anilines is 1. The van der Waals surface area contributed by atoms with Gasteiger partial charge in [0.15, 0.2) is 5.75 Å². The summed E-state index contributed by atoms with van der Waals surface area (Å²) in [7, 11) is 0. The minimum atomic E-state index is -5.11. The van der Waals surface area contributed by atoms with Gasteiger partial charge >= 0.3 is 6.36 Å². The number of nitriles is 1. The molecule has 0 saturated carbocycles. The first kappa shape index (κ1) is 13.0. The Morgan fingerprint density at radius 3 is 2.41 bits per heavy atom. The predicted octanol–water partition coefficient (Wildman–Crippen LogP) is 2.37. The van der Waals surface area contributed by atoms with Gasteiger partial charge in [-0.05, 0) is 0 Å². The zero-order valence-corrected chi connectivity index (χ0v) is 7.92. The minimum absolute atomic E-state index is 0.326. The molecule has 4 nitrogen and oxygen atoms in total. The smallest absolute Gasteiger partial charge is 0.404 e. The first-order valence-corrected chi connectivity index (χ1v) is 3.99. The highest BCUT2D eigenvalue weighted by Crippen LogP contribution is 2.31. The van der Waals surface area contributed by atoms with Gasteiger partial charge in [-0.25, -0.2) is 13.8 Å². The standard InChI is InChI=1S/C8H4F5N3O/c9-6(10)4-1-5(17-8(11,12)13)3(2-14)7(15)16-4/h1,6H,(H2,15,16). The van der Waals surface area contributed by atoms with Crippen molar-refractivity contribution in [3.05, 3.63) is 17.3 Å². The van der Waals surface area contributed by atoms with Crippen LogP contribution in [0.1, 0.15) is 17.7 Å². The molecule has 0 unspecified atom stereocenters. The fraction of sp³-hybridized carbons (Fsp3) is 0.250. The predicted molar refractivity (Wildman–Crippen MR) is 45.0 cm³/mol. The van der Waals surface area contributed by atoms with Gasteiger partial charge in [-0.15, -0.1) is 13.2 Å². The van der Waals surface area contributed by atoms with Crippen molar-refractivity contribution in [1.29, 1.82) is 5.26 Å². The van der Waals surface area contributed by atoms with E-state index in [1.165, 1.54) is 6.07 Å². The van der Waals surface area contributed by atoms with E-state index in [-0.39, 0.29) is 0 Å². The van der Waals surface area contributed by atoms with Crippen molar-refractivity contribution in [2.75, 3.05) is 5.73 Å². The van der Waals surface area contributed by atoms with Crippen LogP contribution in [-0.4, -0.2) is 11.3 Å². The first-order valence-electron chi connectivity index (χ1n) is 3.99. The van der Waals surface area contributed by atoms with Crippen molar-refractivity contribution in [3.63, 3.8) is 0 Å². The number of ether oxygens (including phenoxy) is 1. The zero-order chi connectivity index (χ0) is 13.2. The number of halogens is 5. The lowest BCUT2D eigenvalue weighted by Gasteiger charge is -2.12. The highest BCUT2D eigenvalue weighted by Gasteiger charge is 2.33. The third kappa shape index (κ3) is 3.17. The Balaban J connectivity index is 3.30. The molecule has 17 heavy (non-hydrogen) atoms. The summed E-state index contributed by atoms with van der Waals surface area (Å²) >= 11 is 0. The van der Waals surface area contributed by atoms with Crippen LogP contribution in [0.4, 0.5) is 27.8 Å². The number of hydrogen-bond donors (Lipinski definition) is 1. The van der Waals surface area contributed by atoms with E-state index in [1.54, 1.807) is 0 Å². The topological polar surface area (TPSA) is 71.9 Å². The molecule has 0 spiro atoms. The van der Waals surface area contributed by atoms with E-state index in [2.05, 4.69) is 9.72 Å². The zero-order valence-electron chi connectivity index (χ0n) is 7.92. The van der Waals surface area contributed by atoms with E-state index in [4.69, 9.17) is 11.0 Å². The highest BCUT2D eigenvalue weighted by molar-refractivity contribution is 5.57. The molecule has 1 rings (SSSR count). The van der Waals surface area contributed by atoms with Gasteiger partial charge in [0.25, 0.3) is 6.43 Å². The Morgan fingerprint density at radius 2 is 2.00 bits per heavy atom. The van der Waals surface area contributed by atoms with Gasteiger partial charge in [-0.1, -0.05) is 0 Å². The number of nitrogen functional groups attached to an aromatic ring is 1. The maximum absolute atomic E-state index is 12.3. The molecule has 0 aliphatic heterocycles. The summed E-state index contributed by atoms with van der Waals surface area (Å²) in [5.74, 6) is -1.84. The molecule has 9 heteroatoms. The third-order valence-corrected chi connectivity index (χ3v) is 1.59. The van der Waals surface area contributed by atoms with Gasteiger partial charge in [-0.2, -0.15) is 5.26 Å². The number of nitrogens with two attached hydrogens (primary N) is 1. The Kier molecular flexibility index (Phi) is 3.36. The minimum Gasteiger partial charge on any atom is -0.404 e. The van der Waals surface area contributed by atoms with Crippen LogP contribution >= 0.6 is 0 Å². The number of hydrogen-bond acceptors (Lipinski definition) is 4. The fourth-order valence-corrected chi connectivity index (χ4v) is 0.989. The summed E-state index contributed by atoms with van der Waals surface area (Å²) in [4.78, 5) is 3.09. The molecule has 1 aromatic heterocycles. The molecule has 0 atom stereocenters. The largest absolute Gasteiger partial charge is 0.573 e. The molecule has 1 heterocycles. The van der Waals surface area contributed by atoms with Crippen LogP contribution in [0.2, 0.25) is 0 Å². The summed E-state index contributed by atoms with van der Waals surface area (Å²) in [6.07, 6.45) is -8.24. The second kappa shape index (κ2) is 4.40. The van der Waals surface area contributed by atoms with E-state index in [0.717, 1.165) is 0 Å². The summed E-state index contributed by atoms with van der Waals surface area (Å²) in [6, 6.07) is 1.62. The maximum atomic E-state index is 12.3. The van der Waals surface area contributed by atoms with Crippen LogP contribution in [0, 0.1) is 11.3 Å². The SMILES string of the molecule is N#Cc1c(OC(F)(F)F)cc(C(F)F)nc1N. The van der Waals surface area contributed by atoms with Crippen molar-refractivity contribution in [3.8, 4) is 11.8 Å². The van der Waals surface area contributed by atoms with Crippen molar-refractivity contribution in [1.82, 2.24) is 4.98 Å². The van der Waals surface area contributed by atoms with Gasteiger partial charge in [-0.3, -0.25) is 0 Å². The molecular formula is C8H4F5N3O. The molecule has 1 aromatic rings.